The minimum absolute atomic E-state index is 0.316. The highest BCUT2D eigenvalue weighted by Gasteiger charge is 2.10. The summed E-state index contributed by atoms with van der Waals surface area (Å²) >= 11 is 3.44. The number of rotatable bonds is 3. The predicted octanol–water partition coefficient (Wildman–Crippen LogP) is 6.38. The molecule has 0 saturated carbocycles. The highest BCUT2D eigenvalue weighted by molar-refractivity contribution is 9.10. The van der Waals surface area contributed by atoms with Gasteiger partial charge in [-0.1, -0.05) is 28.1 Å². The van der Waals surface area contributed by atoms with Gasteiger partial charge in [0.25, 0.3) is 0 Å². The van der Waals surface area contributed by atoms with E-state index in [0.29, 0.717) is 17.3 Å². The summed E-state index contributed by atoms with van der Waals surface area (Å²) in [6, 6.07) is 20.5. The Morgan fingerprint density at radius 1 is 1.00 bits per heavy atom. The zero-order valence-corrected chi connectivity index (χ0v) is 16.7. The van der Waals surface area contributed by atoms with Crippen molar-refractivity contribution in [3.05, 3.63) is 77.4 Å². The molecule has 0 aliphatic carbocycles. The molecule has 0 fully saturated rings. The maximum absolute atomic E-state index is 12.4. The van der Waals surface area contributed by atoms with Crippen LogP contribution in [0.5, 0.6) is 0 Å². The molecule has 3 aromatic carbocycles. The number of oxazole rings is 1. The van der Waals surface area contributed by atoms with Crippen LogP contribution in [0.3, 0.4) is 0 Å². The lowest BCUT2D eigenvalue weighted by atomic mass is 10.2. The zero-order valence-electron chi connectivity index (χ0n) is 15.1. The number of amides is 2. The van der Waals surface area contributed by atoms with Gasteiger partial charge in [-0.25, -0.2) is 9.78 Å². The minimum Gasteiger partial charge on any atom is -0.436 e. The number of H-pyrrole nitrogens is 1. The van der Waals surface area contributed by atoms with Crippen molar-refractivity contribution >= 4 is 55.3 Å². The number of fused-ring (bicyclic) bond motifs is 2. The maximum atomic E-state index is 12.4. The van der Waals surface area contributed by atoms with Gasteiger partial charge in [-0.15, -0.1) is 0 Å². The van der Waals surface area contributed by atoms with Crippen molar-refractivity contribution in [2.75, 3.05) is 10.6 Å². The Hall–Kier alpha value is -3.58. The molecule has 0 aliphatic rings. The monoisotopic (exact) mass is 446 g/mol. The van der Waals surface area contributed by atoms with Crippen molar-refractivity contribution in [2.45, 2.75) is 0 Å². The second-order valence-corrected chi connectivity index (χ2v) is 7.45. The van der Waals surface area contributed by atoms with Crippen LogP contribution in [0.4, 0.5) is 16.2 Å². The second-order valence-electron chi connectivity index (χ2n) is 6.54. The summed E-state index contributed by atoms with van der Waals surface area (Å²) in [7, 11) is 0. The Kier molecular flexibility index (Phi) is 4.29. The molecule has 7 heteroatoms. The standard InChI is InChI=1S/C22H15BrN4O2/c23-14-7-10-16-18(11-14)24-12-19(16)27-22(28)25-15-8-5-13(6-9-15)21-26-17-3-1-2-4-20(17)29-21/h1-12,24H,(H2,25,27,28). The lowest BCUT2D eigenvalue weighted by Gasteiger charge is -2.07. The normalized spacial score (nSPS) is 11.1. The van der Waals surface area contributed by atoms with Gasteiger partial charge in [-0.2, -0.15) is 0 Å². The van der Waals surface area contributed by atoms with Crippen molar-refractivity contribution < 1.29 is 9.21 Å². The van der Waals surface area contributed by atoms with Gasteiger partial charge in [0.15, 0.2) is 5.58 Å². The first kappa shape index (κ1) is 17.5. The molecular formula is C22H15BrN4O2. The van der Waals surface area contributed by atoms with Gasteiger partial charge in [0, 0.05) is 32.8 Å². The number of urea groups is 1. The first-order chi connectivity index (χ1) is 14.2. The highest BCUT2D eigenvalue weighted by Crippen LogP contribution is 2.27. The summed E-state index contributed by atoms with van der Waals surface area (Å²) < 4.78 is 6.75. The van der Waals surface area contributed by atoms with Gasteiger partial charge in [-0.3, -0.25) is 0 Å². The maximum Gasteiger partial charge on any atom is 0.323 e. The lowest BCUT2D eigenvalue weighted by Crippen LogP contribution is -2.19. The molecule has 3 N–H and O–H groups in total. The SMILES string of the molecule is O=C(Nc1ccc(-c2nc3ccccc3o2)cc1)Nc1c[nH]c2cc(Br)ccc12. The van der Waals surface area contributed by atoms with Gasteiger partial charge in [0.05, 0.1) is 5.69 Å². The number of carbonyl (C=O) groups excluding carboxylic acids is 1. The third-order valence-corrected chi connectivity index (χ3v) is 5.07. The number of hydrogen-bond donors (Lipinski definition) is 3. The summed E-state index contributed by atoms with van der Waals surface area (Å²) in [4.78, 5) is 20.0. The first-order valence-corrected chi connectivity index (χ1v) is 9.76. The number of aromatic nitrogens is 2. The Bertz CT molecular complexity index is 1310. The van der Waals surface area contributed by atoms with Crippen molar-refractivity contribution in [3.8, 4) is 11.5 Å². The van der Waals surface area contributed by atoms with Gasteiger partial charge in [0.1, 0.15) is 5.52 Å². The summed E-state index contributed by atoms with van der Waals surface area (Å²) in [5.41, 5.74) is 4.73. The molecule has 0 saturated heterocycles. The molecule has 0 radical (unpaired) electrons. The van der Waals surface area contributed by atoms with Crippen molar-refractivity contribution in [2.24, 2.45) is 0 Å². The Labute approximate surface area is 174 Å². The van der Waals surface area contributed by atoms with Crippen molar-refractivity contribution in [1.29, 1.82) is 0 Å². The fraction of sp³-hybridized carbons (Fsp3) is 0. The summed E-state index contributed by atoms with van der Waals surface area (Å²) in [5.74, 6) is 0.548. The highest BCUT2D eigenvalue weighted by atomic mass is 79.9. The van der Waals surface area contributed by atoms with Crippen LogP contribution in [0.2, 0.25) is 0 Å². The van der Waals surface area contributed by atoms with E-state index in [9.17, 15) is 4.79 Å². The quantitative estimate of drug-likeness (QED) is 0.300. The zero-order chi connectivity index (χ0) is 19.8. The first-order valence-electron chi connectivity index (χ1n) is 8.96. The summed E-state index contributed by atoms with van der Waals surface area (Å²) in [6.45, 7) is 0. The molecule has 0 atom stereocenters. The molecule has 0 aliphatic heterocycles. The van der Waals surface area contributed by atoms with E-state index in [2.05, 4.69) is 36.5 Å². The van der Waals surface area contributed by atoms with E-state index in [4.69, 9.17) is 4.42 Å². The molecular weight excluding hydrogens is 432 g/mol. The third kappa shape index (κ3) is 3.48. The number of aromatic amines is 1. The summed E-state index contributed by atoms with van der Waals surface area (Å²) in [6.07, 6.45) is 1.77. The molecule has 5 rings (SSSR count). The number of nitrogens with zero attached hydrogens (tertiary/aromatic N) is 1. The van der Waals surface area contributed by atoms with Crippen LogP contribution in [-0.4, -0.2) is 16.0 Å². The molecule has 29 heavy (non-hydrogen) atoms. The van der Waals surface area contributed by atoms with Crippen molar-refractivity contribution in [1.82, 2.24) is 9.97 Å². The van der Waals surface area contributed by atoms with E-state index in [1.165, 1.54) is 0 Å². The fourth-order valence-electron chi connectivity index (χ4n) is 3.18. The van der Waals surface area contributed by atoms with E-state index in [1.807, 2.05) is 66.7 Å². The average molecular weight is 447 g/mol. The van der Waals surface area contributed by atoms with Crippen LogP contribution in [0.1, 0.15) is 0 Å². The largest absolute Gasteiger partial charge is 0.436 e. The van der Waals surface area contributed by atoms with Crippen LogP contribution in [0.15, 0.2) is 81.8 Å². The Morgan fingerprint density at radius 3 is 2.66 bits per heavy atom. The molecule has 0 spiro atoms. The van der Waals surface area contributed by atoms with Crippen LogP contribution >= 0.6 is 15.9 Å². The van der Waals surface area contributed by atoms with Crippen LogP contribution in [0, 0.1) is 0 Å². The van der Waals surface area contributed by atoms with Crippen molar-refractivity contribution in [3.63, 3.8) is 0 Å². The van der Waals surface area contributed by atoms with E-state index in [1.54, 1.807) is 6.20 Å². The predicted molar refractivity (Wildman–Crippen MR) is 118 cm³/mol. The van der Waals surface area contributed by atoms with E-state index in [-0.39, 0.29) is 6.03 Å². The molecule has 5 aromatic rings. The molecule has 2 amide bonds. The van der Waals surface area contributed by atoms with E-state index < -0.39 is 0 Å². The number of anilines is 2. The molecule has 0 unspecified atom stereocenters. The summed E-state index contributed by atoms with van der Waals surface area (Å²) in [5, 5.41) is 6.65. The molecule has 0 bridgehead atoms. The minimum atomic E-state index is -0.316. The second kappa shape index (κ2) is 7.10. The molecule has 2 aromatic heterocycles. The number of nitrogens with one attached hydrogen (secondary N) is 3. The number of carbonyl (C=O) groups is 1. The number of hydrogen-bond acceptors (Lipinski definition) is 3. The van der Waals surface area contributed by atoms with Gasteiger partial charge in [0.2, 0.25) is 5.89 Å². The number of benzene rings is 3. The number of halogens is 1. The smallest absolute Gasteiger partial charge is 0.323 e. The van der Waals surface area contributed by atoms with E-state index >= 15 is 0 Å². The Balaban J connectivity index is 1.30. The lowest BCUT2D eigenvalue weighted by molar-refractivity contribution is 0.262. The molecule has 6 nitrogen and oxygen atoms in total. The van der Waals surface area contributed by atoms with Crippen LogP contribution in [-0.2, 0) is 0 Å². The number of para-hydroxylation sites is 2. The van der Waals surface area contributed by atoms with Gasteiger partial charge < -0.3 is 20.0 Å². The third-order valence-electron chi connectivity index (χ3n) is 4.58. The van der Waals surface area contributed by atoms with Crippen LogP contribution < -0.4 is 10.6 Å². The van der Waals surface area contributed by atoms with E-state index in [0.717, 1.165) is 32.0 Å². The molecule has 142 valence electrons. The van der Waals surface area contributed by atoms with Gasteiger partial charge in [-0.05, 0) is 54.6 Å². The average Bonchev–Trinajstić information content (AvgIpc) is 3.32. The molecule has 2 heterocycles. The van der Waals surface area contributed by atoms with Gasteiger partial charge >= 0.3 is 6.03 Å². The fourth-order valence-corrected chi connectivity index (χ4v) is 3.54. The topological polar surface area (TPSA) is 82.9 Å². The van der Waals surface area contributed by atoms with Crippen LogP contribution in [0.25, 0.3) is 33.5 Å². The Morgan fingerprint density at radius 2 is 1.83 bits per heavy atom.